The minimum atomic E-state index is -0.0768. The van der Waals surface area contributed by atoms with Gasteiger partial charge < -0.3 is 15.4 Å². The molecule has 18 heavy (non-hydrogen) atoms. The van der Waals surface area contributed by atoms with Crippen molar-refractivity contribution in [2.45, 2.75) is 25.9 Å². The molecule has 2 heterocycles. The van der Waals surface area contributed by atoms with Crippen LogP contribution in [0.2, 0.25) is 0 Å². The number of nitrogens with zero attached hydrogens (tertiary/aromatic N) is 1. The van der Waals surface area contributed by atoms with Gasteiger partial charge >= 0.3 is 0 Å². The average molecular weight is 249 g/mol. The topological polar surface area (TPSA) is 63.2 Å². The smallest absolute Gasteiger partial charge is 0.251 e. The molecular formula is C13H19N3O2. The zero-order valence-corrected chi connectivity index (χ0v) is 10.6. The maximum Gasteiger partial charge on any atom is 0.251 e. The molecule has 2 rings (SSSR count). The molecule has 0 aromatic carbocycles. The fraction of sp³-hybridized carbons (Fsp3) is 0.538. The van der Waals surface area contributed by atoms with E-state index in [0.717, 1.165) is 31.8 Å². The van der Waals surface area contributed by atoms with Gasteiger partial charge in [-0.1, -0.05) is 0 Å². The van der Waals surface area contributed by atoms with Crippen molar-refractivity contribution in [2.24, 2.45) is 0 Å². The van der Waals surface area contributed by atoms with Gasteiger partial charge in [-0.15, -0.1) is 0 Å². The highest BCUT2D eigenvalue weighted by molar-refractivity contribution is 5.94. The molecule has 1 unspecified atom stereocenters. The number of hydrogen-bond donors (Lipinski definition) is 2. The zero-order valence-electron chi connectivity index (χ0n) is 10.6. The van der Waals surface area contributed by atoms with Crippen molar-refractivity contribution >= 4 is 11.7 Å². The highest BCUT2D eigenvalue weighted by Crippen LogP contribution is 2.11. The Bertz CT molecular complexity index is 403. The number of amides is 1. The van der Waals surface area contributed by atoms with Gasteiger partial charge in [-0.3, -0.25) is 4.79 Å². The van der Waals surface area contributed by atoms with Crippen LogP contribution in [0.3, 0.4) is 0 Å². The van der Waals surface area contributed by atoms with Crippen LogP contribution >= 0.6 is 0 Å². The molecule has 1 aromatic rings. The third-order valence-corrected chi connectivity index (χ3v) is 2.89. The molecule has 0 spiro atoms. The number of nitrogens with one attached hydrogen (secondary N) is 2. The highest BCUT2D eigenvalue weighted by Gasteiger charge is 2.16. The lowest BCUT2D eigenvalue weighted by molar-refractivity contribution is 0.0857. The van der Waals surface area contributed by atoms with Crippen LogP contribution < -0.4 is 10.6 Å². The Morgan fingerprint density at radius 3 is 3.22 bits per heavy atom. The Morgan fingerprint density at radius 2 is 2.50 bits per heavy atom. The number of aromatic nitrogens is 1. The first-order valence-electron chi connectivity index (χ1n) is 6.39. The van der Waals surface area contributed by atoms with E-state index in [2.05, 4.69) is 15.6 Å². The second-order valence-electron chi connectivity index (χ2n) is 4.31. The third kappa shape index (κ3) is 3.43. The van der Waals surface area contributed by atoms with Gasteiger partial charge in [0.2, 0.25) is 0 Å². The molecule has 1 aromatic heterocycles. The minimum absolute atomic E-state index is 0.0768. The molecule has 0 aliphatic carbocycles. The molecule has 0 saturated carbocycles. The van der Waals surface area contributed by atoms with Crippen molar-refractivity contribution in [1.82, 2.24) is 10.3 Å². The van der Waals surface area contributed by atoms with Crippen LogP contribution in [0, 0.1) is 0 Å². The molecule has 1 saturated heterocycles. The Morgan fingerprint density at radius 1 is 1.61 bits per heavy atom. The van der Waals surface area contributed by atoms with E-state index >= 15 is 0 Å². The molecule has 5 heteroatoms. The molecule has 2 N–H and O–H groups in total. The number of ether oxygens (including phenoxy) is 1. The van der Waals surface area contributed by atoms with Crippen LogP contribution in [0.4, 0.5) is 5.82 Å². The molecule has 1 atom stereocenters. The number of hydrogen-bond acceptors (Lipinski definition) is 4. The number of carbonyl (C=O) groups is 1. The second kappa shape index (κ2) is 6.35. The molecule has 0 bridgehead atoms. The van der Waals surface area contributed by atoms with E-state index in [9.17, 15) is 4.79 Å². The Labute approximate surface area is 107 Å². The molecule has 1 aliphatic rings. The van der Waals surface area contributed by atoms with Crippen LogP contribution in [-0.2, 0) is 4.74 Å². The summed E-state index contributed by atoms with van der Waals surface area (Å²) in [6.45, 7) is 4.16. The normalized spacial score (nSPS) is 18.6. The fourth-order valence-electron chi connectivity index (χ4n) is 1.96. The number of anilines is 1. The van der Waals surface area contributed by atoms with Crippen LogP contribution in [0.1, 0.15) is 30.1 Å². The van der Waals surface area contributed by atoms with E-state index in [0.29, 0.717) is 12.1 Å². The number of rotatable bonds is 5. The molecular weight excluding hydrogens is 230 g/mol. The average Bonchev–Trinajstić information content (AvgIpc) is 2.90. The zero-order chi connectivity index (χ0) is 12.8. The molecule has 5 nitrogen and oxygen atoms in total. The van der Waals surface area contributed by atoms with E-state index in [1.165, 1.54) is 0 Å². The van der Waals surface area contributed by atoms with E-state index in [-0.39, 0.29) is 12.0 Å². The summed E-state index contributed by atoms with van der Waals surface area (Å²) in [6.07, 6.45) is 3.92. The summed E-state index contributed by atoms with van der Waals surface area (Å²) in [5.74, 6) is 0.648. The summed E-state index contributed by atoms with van der Waals surface area (Å²) in [5.41, 5.74) is 0.624. The number of carbonyl (C=O) groups excluding carboxylic acids is 1. The lowest BCUT2D eigenvalue weighted by Crippen LogP contribution is -2.31. The summed E-state index contributed by atoms with van der Waals surface area (Å²) in [4.78, 5) is 16.1. The first-order valence-corrected chi connectivity index (χ1v) is 6.39. The Kier molecular flexibility index (Phi) is 4.52. The van der Waals surface area contributed by atoms with Crippen LogP contribution in [0.5, 0.6) is 0 Å². The Balaban J connectivity index is 1.89. The monoisotopic (exact) mass is 249 g/mol. The van der Waals surface area contributed by atoms with Gasteiger partial charge in [0.15, 0.2) is 0 Å². The summed E-state index contributed by atoms with van der Waals surface area (Å²) < 4.78 is 5.46. The van der Waals surface area contributed by atoms with Gasteiger partial charge in [0, 0.05) is 31.5 Å². The van der Waals surface area contributed by atoms with Gasteiger partial charge in [0.25, 0.3) is 5.91 Å². The predicted octanol–water partition coefficient (Wildman–Crippen LogP) is 1.42. The Hall–Kier alpha value is -1.62. The van der Waals surface area contributed by atoms with Gasteiger partial charge in [0.05, 0.1) is 6.10 Å². The molecule has 1 amide bonds. The van der Waals surface area contributed by atoms with Crippen molar-refractivity contribution in [1.29, 1.82) is 0 Å². The fourth-order valence-corrected chi connectivity index (χ4v) is 1.96. The molecule has 98 valence electrons. The van der Waals surface area contributed by atoms with Crippen LogP contribution in [0.25, 0.3) is 0 Å². The highest BCUT2D eigenvalue weighted by atomic mass is 16.5. The van der Waals surface area contributed by atoms with Gasteiger partial charge in [-0.05, 0) is 31.9 Å². The standard InChI is InChI=1S/C13H19N3O2/c1-2-14-12-8-10(5-6-15-12)13(17)16-9-11-4-3-7-18-11/h5-6,8,11H,2-4,7,9H2,1H3,(H,14,15)(H,16,17). The van der Waals surface area contributed by atoms with E-state index in [4.69, 9.17) is 4.74 Å². The summed E-state index contributed by atoms with van der Waals surface area (Å²) in [6, 6.07) is 3.47. The van der Waals surface area contributed by atoms with Crippen molar-refractivity contribution in [3.8, 4) is 0 Å². The van der Waals surface area contributed by atoms with E-state index in [1.807, 2.05) is 6.92 Å². The summed E-state index contributed by atoms with van der Waals surface area (Å²) in [5, 5.41) is 5.97. The van der Waals surface area contributed by atoms with Crippen molar-refractivity contribution in [3.63, 3.8) is 0 Å². The SMILES string of the molecule is CCNc1cc(C(=O)NCC2CCCO2)ccn1. The van der Waals surface area contributed by atoms with Crippen molar-refractivity contribution in [3.05, 3.63) is 23.9 Å². The van der Waals surface area contributed by atoms with E-state index in [1.54, 1.807) is 18.3 Å². The maximum atomic E-state index is 11.9. The van der Waals surface area contributed by atoms with Crippen molar-refractivity contribution in [2.75, 3.05) is 25.0 Å². The second-order valence-corrected chi connectivity index (χ2v) is 4.31. The van der Waals surface area contributed by atoms with Crippen LogP contribution in [-0.4, -0.2) is 36.7 Å². The first kappa shape index (κ1) is 12.8. The summed E-state index contributed by atoms with van der Waals surface area (Å²) >= 11 is 0. The van der Waals surface area contributed by atoms with Crippen molar-refractivity contribution < 1.29 is 9.53 Å². The lowest BCUT2D eigenvalue weighted by Gasteiger charge is -2.11. The number of pyridine rings is 1. The largest absolute Gasteiger partial charge is 0.376 e. The third-order valence-electron chi connectivity index (χ3n) is 2.89. The molecule has 1 fully saturated rings. The maximum absolute atomic E-state index is 11.9. The quantitative estimate of drug-likeness (QED) is 0.828. The lowest BCUT2D eigenvalue weighted by atomic mass is 10.2. The minimum Gasteiger partial charge on any atom is -0.376 e. The van der Waals surface area contributed by atoms with Crippen LogP contribution in [0.15, 0.2) is 18.3 Å². The van der Waals surface area contributed by atoms with Gasteiger partial charge in [-0.25, -0.2) is 4.98 Å². The summed E-state index contributed by atoms with van der Waals surface area (Å²) in [7, 11) is 0. The molecule has 0 radical (unpaired) electrons. The van der Waals surface area contributed by atoms with E-state index < -0.39 is 0 Å². The van der Waals surface area contributed by atoms with Gasteiger partial charge in [-0.2, -0.15) is 0 Å². The molecule has 1 aliphatic heterocycles. The first-order chi connectivity index (χ1) is 8.79. The van der Waals surface area contributed by atoms with Gasteiger partial charge in [0.1, 0.15) is 5.82 Å². The predicted molar refractivity (Wildman–Crippen MR) is 69.7 cm³/mol.